The first-order valence-corrected chi connectivity index (χ1v) is 7.65. The van der Waals surface area contributed by atoms with E-state index < -0.39 is 0 Å². The van der Waals surface area contributed by atoms with Gasteiger partial charge in [0.15, 0.2) is 0 Å². The molecule has 1 aliphatic heterocycles. The number of H-pyrrole nitrogens is 1. The molecule has 0 aliphatic carbocycles. The summed E-state index contributed by atoms with van der Waals surface area (Å²) in [5, 5.41) is 4.89. The van der Waals surface area contributed by atoms with Crippen LogP contribution < -0.4 is 0 Å². The highest BCUT2D eigenvalue weighted by atomic mass is 35.5. The van der Waals surface area contributed by atoms with Crippen LogP contribution in [0.4, 0.5) is 0 Å². The van der Waals surface area contributed by atoms with Crippen LogP contribution >= 0.6 is 11.6 Å². The number of nitrogens with zero attached hydrogens (tertiary/aromatic N) is 3. The maximum Gasteiger partial charge on any atom is 0.270 e. The van der Waals surface area contributed by atoms with Crippen LogP contribution in [0.15, 0.2) is 24.7 Å². The highest BCUT2D eigenvalue weighted by Crippen LogP contribution is 2.22. The largest absolute Gasteiger partial charge is 0.356 e. The van der Waals surface area contributed by atoms with Crippen molar-refractivity contribution in [1.29, 1.82) is 0 Å². The van der Waals surface area contributed by atoms with Crippen LogP contribution in [0, 0.1) is 6.92 Å². The molecule has 0 saturated carbocycles. The number of aromatic nitrogens is 3. The van der Waals surface area contributed by atoms with Crippen LogP contribution in [-0.2, 0) is 6.54 Å². The normalized spacial score (nSPS) is 19.0. The van der Waals surface area contributed by atoms with Gasteiger partial charge in [-0.15, -0.1) is 0 Å². The van der Waals surface area contributed by atoms with Crippen molar-refractivity contribution < 1.29 is 4.79 Å². The second-order valence-electron chi connectivity index (χ2n) is 5.62. The standard InChI is InChI=1S/C15H19ClN4O/c1-11-7-18-19(9-11)10-13-4-2-3-5-20(13)15(21)14-6-12(16)8-17-14/h6-9,13,17H,2-5,10H2,1H3/t13-/m0/s1. The number of hydrogen-bond acceptors (Lipinski definition) is 2. The summed E-state index contributed by atoms with van der Waals surface area (Å²) in [4.78, 5) is 17.5. The molecule has 21 heavy (non-hydrogen) atoms. The zero-order chi connectivity index (χ0) is 14.8. The van der Waals surface area contributed by atoms with Crippen LogP contribution in [0.5, 0.6) is 0 Å². The van der Waals surface area contributed by atoms with Crippen LogP contribution in [0.1, 0.15) is 35.3 Å². The van der Waals surface area contributed by atoms with Crippen LogP contribution in [0.2, 0.25) is 5.02 Å². The first-order chi connectivity index (χ1) is 10.1. The molecule has 112 valence electrons. The molecule has 5 nitrogen and oxygen atoms in total. The molecule has 1 fully saturated rings. The minimum Gasteiger partial charge on any atom is -0.356 e. The Morgan fingerprint density at radius 1 is 1.52 bits per heavy atom. The number of carbonyl (C=O) groups is 1. The van der Waals surface area contributed by atoms with Gasteiger partial charge < -0.3 is 9.88 Å². The monoisotopic (exact) mass is 306 g/mol. The van der Waals surface area contributed by atoms with Gasteiger partial charge in [-0.05, 0) is 37.8 Å². The Hall–Kier alpha value is -1.75. The minimum absolute atomic E-state index is 0.0236. The molecule has 1 saturated heterocycles. The molecule has 1 N–H and O–H groups in total. The van der Waals surface area contributed by atoms with Gasteiger partial charge in [-0.25, -0.2) is 0 Å². The smallest absolute Gasteiger partial charge is 0.270 e. The van der Waals surface area contributed by atoms with Crippen molar-refractivity contribution in [3.05, 3.63) is 40.9 Å². The lowest BCUT2D eigenvalue weighted by atomic mass is 10.0. The molecule has 1 amide bonds. The Bertz CT molecular complexity index is 633. The first kappa shape index (κ1) is 14.2. The molecule has 3 heterocycles. The lowest BCUT2D eigenvalue weighted by Crippen LogP contribution is -2.46. The average Bonchev–Trinajstić information content (AvgIpc) is 3.08. The predicted octanol–water partition coefficient (Wildman–Crippen LogP) is 2.87. The number of amides is 1. The predicted molar refractivity (Wildman–Crippen MR) is 81.4 cm³/mol. The van der Waals surface area contributed by atoms with Crippen molar-refractivity contribution in [3.63, 3.8) is 0 Å². The van der Waals surface area contributed by atoms with Crippen LogP contribution in [0.25, 0.3) is 0 Å². The molecule has 1 atom stereocenters. The summed E-state index contributed by atoms with van der Waals surface area (Å²) in [6, 6.07) is 1.88. The maximum absolute atomic E-state index is 12.6. The van der Waals surface area contributed by atoms with Crippen molar-refractivity contribution in [3.8, 4) is 0 Å². The zero-order valence-electron chi connectivity index (χ0n) is 12.1. The number of halogens is 1. The summed E-state index contributed by atoms with van der Waals surface area (Å²) < 4.78 is 1.92. The molecule has 2 aromatic heterocycles. The highest BCUT2D eigenvalue weighted by molar-refractivity contribution is 6.30. The van der Waals surface area contributed by atoms with Crippen molar-refractivity contribution in [2.45, 2.75) is 38.8 Å². The Labute approximate surface area is 128 Å². The quantitative estimate of drug-likeness (QED) is 0.948. The molecule has 3 rings (SSSR count). The zero-order valence-corrected chi connectivity index (χ0v) is 12.8. The lowest BCUT2D eigenvalue weighted by Gasteiger charge is -2.35. The first-order valence-electron chi connectivity index (χ1n) is 7.27. The third kappa shape index (κ3) is 3.13. The third-order valence-corrected chi connectivity index (χ3v) is 4.14. The van der Waals surface area contributed by atoms with E-state index in [1.807, 2.05) is 28.9 Å². The fourth-order valence-corrected chi connectivity index (χ4v) is 3.05. The minimum atomic E-state index is 0.0236. The van der Waals surface area contributed by atoms with Gasteiger partial charge in [-0.1, -0.05) is 11.6 Å². The second kappa shape index (κ2) is 5.93. The molecule has 1 aliphatic rings. The maximum atomic E-state index is 12.6. The van der Waals surface area contributed by atoms with E-state index in [4.69, 9.17) is 11.6 Å². The van der Waals surface area contributed by atoms with Crippen molar-refractivity contribution in [2.24, 2.45) is 0 Å². The topological polar surface area (TPSA) is 53.9 Å². The van der Waals surface area contributed by atoms with E-state index in [-0.39, 0.29) is 11.9 Å². The molecule has 0 radical (unpaired) electrons. The molecule has 2 aromatic rings. The van der Waals surface area contributed by atoms with Crippen molar-refractivity contribution in [2.75, 3.05) is 6.54 Å². The van der Waals surface area contributed by atoms with Gasteiger partial charge in [-0.3, -0.25) is 9.48 Å². The fourth-order valence-electron chi connectivity index (χ4n) is 2.89. The number of nitrogens with one attached hydrogen (secondary N) is 1. The average molecular weight is 307 g/mol. The van der Waals surface area contributed by atoms with E-state index in [1.54, 1.807) is 12.3 Å². The molecule has 0 bridgehead atoms. The molecule has 6 heteroatoms. The highest BCUT2D eigenvalue weighted by Gasteiger charge is 2.28. The molecular weight excluding hydrogens is 288 g/mol. The van der Waals surface area contributed by atoms with Crippen LogP contribution in [0.3, 0.4) is 0 Å². The van der Waals surface area contributed by atoms with Crippen molar-refractivity contribution >= 4 is 17.5 Å². The van der Waals surface area contributed by atoms with Gasteiger partial charge in [0.05, 0.1) is 23.8 Å². The fraction of sp³-hybridized carbons (Fsp3) is 0.467. The number of aryl methyl sites for hydroxylation is 1. The van der Waals surface area contributed by atoms with E-state index >= 15 is 0 Å². The van der Waals surface area contributed by atoms with Crippen LogP contribution in [-0.4, -0.2) is 38.2 Å². The van der Waals surface area contributed by atoms with E-state index in [2.05, 4.69) is 10.1 Å². The molecule has 0 spiro atoms. The summed E-state index contributed by atoms with van der Waals surface area (Å²) in [5.74, 6) is 0.0236. The van der Waals surface area contributed by atoms with Gasteiger partial charge >= 0.3 is 0 Å². The summed E-state index contributed by atoms with van der Waals surface area (Å²) in [6.45, 7) is 3.56. The number of rotatable bonds is 3. The van der Waals surface area contributed by atoms with Gasteiger partial charge in [0.1, 0.15) is 5.69 Å². The van der Waals surface area contributed by atoms with E-state index in [1.165, 1.54) is 0 Å². The van der Waals surface area contributed by atoms with Gasteiger partial charge in [0, 0.05) is 18.9 Å². The number of carbonyl (C=O) groups excluding carboxylic acids is 1. The van der Waals surface area contributed by atoms with Gasteiger partial charge in [0.25, 0.3) is 5.91 Å². The molecule has 0 aromatic carbocycles. The number of hydrogen-bond donors (Lipinski definition) is 1. The summed E-state index contributed by atoms with van der Waals surface area (Å²) in [6.07, 6.45) is 8.72. The Balaban J connectivity index is 1.76. The second-order valence-corrected chi connectivity index (χ2v) is 6.06. The summed E-state index contributed by atoms with van der Waals surface area (Å²) in [5.41, 5.74) is 1.70. The van der Waals surface area contributed by atoms with Gasteiger partial charge in [-0.2, -0.15) is 5.10 Å². The number of likely N-dealkylation sites (tertiary alicyclic amines) is 1. The van der Waals surface area contributed by atoms with E-state index in [0.717, 1.165) is 37.9 Å². The Morgan fingerprint density at radius 3 is 3.05 bits per heavy atom. The lowest BCUT2D eigenvalue weighted by molar-refractivity contribution is 0.0578. The Kier molecular flexibility index (Phi) is 4.01. The summed E-state index contributed by atoms with van der Waals surface area (Å²) in [7, 11) is 0. The molecule has 0 unspecified atom stereocenters. The number of aromatic amines is 1. The van der Waals surface area contributed by atoms with Crippen molar-refractivity contribution in [1.82, 2.24) is 19.7 Å². The number of piperidine rings is 1. The van der Waals surface area contributed by atoms with Gasteiger partial charge in [0.2, 0.25) is 0 Å². The van der Waals surface area contributed by atoms with E-state index in [9.17, 15) is 4.79 Å². The summed E-state index contributed by atoms with van der Waals surface area (Å²) >= 11 is 5.90. The Morgan fingerprint density at radius 2 is 2.38 bits per heavy atom. The van der Waals surface area contributed by atoms with E-state index in [0.29, 0.717) is 10.7 Å². The SMILES string of the molecule is Cc1cnn(C[C@@H]2CCCCN2C(=O)c2cc(Cl)c[nH]2)c1. The molecular formula is C15H19ClN4O. The third-order valence-electron chi connectivity index (χ3n) is 3.93.